The fourth-order valence-electron chi connectivity index (χ4n) is 1.66. The van der Waals surface area contributed by atoms with E-state index in [0.717, 1.165) is 0 Å². The lowest BCUT2D eigenvalue weighted by molar-refractivity contribution is -0.139. The molecule has 1 heterocycles. The van der Waals surface area contributed by atoms with Crippen LogP contribution in [0.15, 0.2) is 23.1 Å². The molecule has 6 nitrogen and oxygen atoms in total. The summed E-state index contributed by atoms with van der Waals surface area (Å²) in [5, 5.41) is 11.3. The Balaban J connectivity index is 2.02. The van der Waals surface area contributed by atoms with Crippen LogP contribution in [0.1, 0.15) is 6.42 Å². The summed E-state index contributed by atoms with van der Waals surface area (Å²) < 4.78 is 1.34. The van der Waals surface area contributed by atoms with Crippen molar-refractivity contribution < 1.29 is 14.7 Å². The molecule has 1 fully saturated rings. The van der Waals surface area contributed by atoms with Gasteiger partial charge in [0.2, 0.25) is 11.5 Å². The molecule has 0 saturated heterocycles. The van der Waals surface area contributed by atoms with Crippen LogP contribution in [-0.4, -0.2) is 21.6 Å². The topological polar surface area (TPSA) is 88.4 Å². The minimum atomic E-state index is -0.939. The summed E-state index contributed by atoms with van der Waals surface area (Å²) in [5.41, 5.74) is 0.325. The number of carbonyl (C=O) groups is 2. The van der Waals surface area contributed by atoms with E-state index in [4.69, 9.17) is 5.11 Å². The van der Waals surface area contributed by atoms with E-state index < -0.39 is 17.8 Å². The third-order valence-corrected chi connectivity index (χ3v) is 2.80. The van der Waals surface area contributed by atoms with Crippen molar-refractivity contribution in [3.8, 4) is 0 Å². The number of hydrogen-bond acceptors (Lipinski definition) is 3. The van der Waals surface area contributed by atoms with Crippen molar-refractivity contribution in [2.24, 2.45) is 18.9 Å². The lowest BCUT2D eigenvalue weighted by Crippen LogP contribution is -2.20. The molecule has 2 rings (SSSR count). The van der Waals surface area contributed by atoms with E-state index in [1.165, 1.54) is 22.9 Å². The summed E-state index contributed by atoms with van der Waals surface area (Å²) in [6.45, 7) is 0. The van der Waals surface area contributed by atoms with Gasteiger partial charge in [-0.25, -0.2) is 0 Å². The number of aryl methyl sites for hydroxylation is 1. The fraction of sp³-hybridized carbons (Fsp3) is 0.364. The Bertz CT molecular complexity index is 535. The van der Waals surface area contributed by atoms with Gasteiger partial charge in [0.25, 0.3) is 0 Å². The maximum atomic E-state index is 11.6. The Hall–Kier alpha value is -2.11. The molecule has 90 valence electrons. The van der Waals surface area contributed by atoms with Gasteiger partial charge < -0.3 is 15.0 Å². The molecular formula is C11H12N2O4. The SMILES string of the molecule is Cn1cc(NC(=O)C2CC2C(=O)O)ccc1=O. The Morgan fingerprint density at radius 2 is 2.12 bits per heavy atom. The molecule has 1 aliphatic rings. The second kappa shape index (κ2) is 4.04. The average Bonchev–Trinajstić information content (AvgIpc) is 3.03. The van der Waals surface area contributed by atoms with Crippen LogP contribution in [0.3, 0.4) is 0 Å². The van der Waals surface area contributed by atoms with Crippen LogP contribution in [-0.2, 0) is 16.6 Å². The molecule has 6 heteroatoms. The molecule has 0 spiro atoms. The van der Waals surface area contributed by atoms with Crippen molar-refractivity contribution in [2.45, 2.75) is 6.42 Å². The average molecular weight is 236 g/mol. The number of carboxylic acids is 1. The quantitative estimate of drug-likeness (QED) is 0.775. The number of pyridine rings is 1. The number of amides is 1. The highest BCUT2D eigenvalue weighted by Gasteiger charge is 2.48. The number of aliphatic carboxylic acids is 1. The van der Waals surface area contributed by atoms with Crippen LogP contribution in [0.25, 0.3) is 0 Å². The van der Waals surface area contributed by atoms with E-state index in [2.05, 4.69) is 5.32 Å². The first kappa shape index (κ1) is 11.4. The van der Waals surface area contributed by atoms with E-state index >= 15 is 0 Å². The number of carbonyl (C=O) groups excluding carboxylic acids is 1. The fourth-order valence-corrected chi connectivity index (χ4v) is 1.66. The lowest BCUT2D eigenvalue weighted by atomic mass is 10.3. The van der Waals surface area contributed by atoms with Crippen molar-refractivity contribution >= 4 is 17.6 Å². The van der Waals surface area contributed by atoms with E-state index in [0.29, 0.717) is 12.1 Å². The van der Waals surface area contributed by atoms with Gasteiger partial charge in [-0.1, -0.05) is 0 Å². The third-order valence-electron chi connectivity index (χ3n) is 2.80. The molecule has 1 aliphatic carbocycles. The van der Waals surface area contributed by atoms with Gasteiger partial charge in [-0.2, -0.15) is 0 Å². The van der Waals surface area contributed by atoms with E-state index in [9.17, 15) is 14.4 Å². The summed E-state index contributed by atoms with van der Waals surface area (Å²) in [4.78, 5) is 33.3. The Morgan fingerprint density at radius 3 is 2.65 bits per heavy atom. The van der Waals surface area contributed by atoms with Crippen molar-refractivity contribution in [1.82, 2.24) is 4.57 Å². The van der Waals surface area contributed by atoms with Gasteiger partial charge in [-0.15, -0.1) is 0 Å². The predicted molar refractivity (Wildman–Crippen MR) is 59.5 cm³/mol. The minimum absolute atomic E-state index is 0.169. The van der Waals surface area contributed by atoms with Crippen LogP contribution in [0, 0.1) is 11.8 Å². The molecule has 1 amide bonds. The van der Waals surface area contributed by atoms with Crippen LogP contribution in [0.4, 0.5) is 5.69 Å². The minimum Gasteiger partial charge on any atom is -0.481 e. The number of hydrogen-bond donors (Lipinski definition) is 2. The summed E-state index contributed by atoms with van der Waals surface area (Å²) in [6, 6.07) is 2.84. The molecule has 1 saturated carbocycles. The van der Waals surface area contributed by atoms with Crippen LogP contribution < -0.4 is 10.9 Å². The van der Waals surface area contributed by atoms with Crippen molar-refractivity contribution in [3.63, 3.8) is 0 Å². The first-order valence-electron chi connectivity index (χ1n) is 5.19. The number of rotatable bonds is 3. The molecule has 2 atom stereocenters. The van der Waals surface area contributed by atoms with Gasteiger partial charge in [-0.05, 0) is 12.5 Å². The zero-order valence-electron chi connectivity index (χ0n) is 9.21. The van der Waals surface area contributed by atoms with E-state index in [1.54, 1.807) is 7.05 Å². The van der Waals surface area contributed by atoms with Crippen molar-refractivity contribution in [2.75, 3.05) is 5.32 Å². The highest BCUT2D eigenvalue weighted by atomic mass is 16.4. The second-order valence-electron chi connectivity index (χ2n) is 4.14. The number of nitrogens with zero attached hydrogens (tertiary/aromatic N) is 1. The van der Waals surface area contributed by atoms with E-state index in [1.807, 2.05) is 0 Å². The highest BCUT2D eigenvalue weighted by Crippen LogP contribution is 2.39. The molecule has 0 aliphatic heterocycles. The van der Waals surface area contributed by atoms with Crippen LogP contribution >= 0.6 is 0 Å². The smallest absolute Gasteiger partial charge is 0.307 e. The largest absolute Gasteiger partial charge is 0.481 e. The first-order valence-corrected chi connectivity index (χ1v) is 5.19. The first-order chi connectivity index (χ1) is 7.99. The summed E-state index contributed by atoms with van der Waals surface area (Å²) >= 11 is 0. The van der Waals surface area contributed by atoms with Gasteiger partial charge in [0, 0.05) is 19.3 Å². The van der Waals surface area contributed by atoms with Crippen molar-refractivity contribution in [3.05, 3.63) is 28.7 Å². The van der Waals surface area contributed by atoms with Crippen LogP contribution in [0.2, 0.25) is 0 Å². The van der Waals surface area contributed by atoms with Gasteiger partial charge in [0.1, 0.15) is 0 Å². The summed E-state index contributed by atoms with van der Waals surface area (Å²) in [7, 11) is 1.58. The highest BCUT2D eigenvalue weighted by molar-refractivity contribution is 5.98. The van der Waals surface area contributed by atoms with Gasteiger partial charge in [0.05, 0.1) is 17.5 Å². The molecule has 2 N–H and O–H groups in total. The Kier molecular flexibility index (Phi) is 2.71. The zero-order chi connectivity index (χ0) is 12.6. The Morgan fingerprint density at radius 1 is 1.41 bits per heavy atom. The molecule has 1 aromatic rings. The second-order valence-corrected chi connectivity index (χ2v) is 4.14. The Labute approximate surface area is 96.9 Å². The molecule has 0 bridgehead atoms. The number of carboxylic acid groups (broad SMARTS) is 1. The molecule has 0 radical (unpaired) electrons. The lowest BCUT2D eigenvalue weighted by Gasteiger charge is -2.05. The molecular weight excluding hydrogens is 224 g/mol. The van der Waals surface area contributed by atoms with Crippen LogP contribution in [0.5, 0.6) is 0 Å². The zero-order valence-corrected chi connectivity index (χ0v) is 9.21. The molecule has 0 aromatic carbocycles. The maximum absolute atomic E-state index is 11.6. The normalized spacial score (nSPS) is 21.9. The standard InChI is InChI=1S/C11H12N2O4/c1-13-5-6(2-3-9(13)14)12-10(15)7-4-8(7)11(16)17/h2-3,5,7-8H,4H2,1H3,(H,12,15)(H,16,17). The van der Waals surface area contributed by atoms with Gasteiger partial charge in [0.15, 0.2) is 0 Å². The third kappa shape index (κ3) is 2.35. The molecule has 17 heavy (non-hydrogen) atoms. The van der Waals surface area contributed by atoms with Gasteiger partial charge in [-0.3, -0.25) is 14.4 Å². The molecule has 1 aromatic heterocycles. The predicted octanol–water partition coefficient (Wildman–Crippen LogP) is 0.0445. The summed E-state index contributed by atoms with van der Waals surface area (Å²) in [5.74, 6) is -2.27. The van der Waals surface area contributed by atoms with Gasteiger partial charge >= 0.3 is 5.97 Å². The number of anilines is 1. The summed E-state index contributed by atoms with van der Waals surface area (Å²) in [6.07, 6.45) is 1.88. The number of aromatic nitrogens is 1. The van der Waals surface area contributed by atoms with E-state index in [-0.39, 0.29) is 11.5 Å². The number of nitrogens with one attached hydrogen (secondary N) is 1. The van der Waals surface area contributed by atoms with Crippen molar-refractivity contribution in [1.29, 1.82) is 0 Å². The molecule has 2 unspecified atom stereocenters. The maximum Gasteiger partial charge on any atom is 0.307 e. The monoisotopic (exact) mass is 236 g/mol.